The van der Waals surface area contributed by atoms with Crippen molar-refractivity contribution < 1.29 is 14.4 Å². The summed E-state index contributed by atoms with van der Waals surface area (Å²) in [7, 11) is 0. The number of hydrogen-bond donors (Lipinski definition) is 0. The fourth-order valence-electron chi connectivity index (χ4n) is 4.57. The average Bonchev–Trinajstić information content (AvgIpc) is 3.25. The van der Waals surface area contributed by atoms with Gasteiger partial charge in [-0.15, -0.1) is 11.8 Å². The van der Waals surface area contributed by atoms with Gasteiger partial charge in [-0.05, 0) is 48.9 Å². The molecule has 0 spiro atoms. The number of carbonyl (C=O) groups is 3. The van der Waals surface area contributed by atoms with Gasteiger partial charge in [0.25, 0.3) is 0 Å². The Hall–Kier alpha value is -2.80. The van der Waals surface area contributed by atoms with Crippen LogP contribution in [0.4, 0.5) is 5.69 Å². The van der Waals surface area contributed by atoms with Crippen LogP contribution in [-0.4, -0.2) is 66.5 Å². The van der Waals surface area contributed by atoms with Gasteiger partial charge in [0.05, 0.1) is 5.92 Å². The fraction of sp³-hybridized carbons (Fsp3) is 0.423. The van der Waals surface area contributed by atoms with Crippen molar-refractivity contribution in [3.8, 4) is 0 Å². The third kappa shape index (κ3) is 5.77. The van der Waals surface area contributed by atoms with Crippen LogP contribution in [0.1, 0.15) is 24.8 Å². The number of nitrogens with zero attached hydrogens (tertiary/aromatic N) is 3. The summed E-state index contributed by atoms with van der Waals surface area (Å²) in [4.78, 5) is 44.8. The first-order valence-electron chi connectivity index (χ1n) is 11.6. The van der Waals surface area contributed by atoms with E-state index in [1.54, 1.807) is 16.7 Å². The highest BCUT2D eigenvalue weighted by Gasteiger charge is 2.38. The summed E-state index contributed by atoms with van der Waals surface area (Å²) in [5.74, 6) is -0.125. The Kier molecular flexibility index (Phi) is 7.70. The average molecular weight is 466 g/mol. The van der Waals surface area contributed by atoms with Crippen molar-refractivity contribution in [3.05, 3.63) is 60.2 Å². The van der Waals surface area contributed by atoms with Crippen LogP contribution < -0.4 is 4.90 Å². The molecule has 0 radical (unpaired) electrons. The quantitative estimate of drug-likeness (QED) is 0.588. The molecule has 6 nitrogen and oxygen atoms in total. The summed E-state index contributed by atoms with van der Waals surface area (Å²) >= 11 is 1.66. The van der Waals surface area contributed by atoms with E-state index < -0.39 is 0 Å². The number of piperazine rings is 1. The van der Waals surface area contributed by atoms with E-state index in [0.29, 0.717) is 39.1 Å². The Balaban J connectivity index is 1.23. The van der Waals surface area contributed by atoms with Gasteiger partial charge in [-0.3, -0.25) is 14.4 Å². The lowest BCUT2D eigenvalue weighted by Crippen LogP contribution is -2.52. The first-order chi connectivity index (χ1) is 16.0. The minimum atomic E-state index is -0.314. The summed E-state index contributed by atoms with van der Waals surface area (Å²) in [6, 6.07) is 18.1. The van der Waals surface area contributed by atoms with Crippen molar-refractivity contribution >= 4 is 35.2 Å². The first kappa shape index (κ1) is 23.4. The molecule has 2 aromatic rings. The second kappa shape index (κ2) is 10.9. The van der Waals surface area contributed by atoms with Crippen molar-refractivity contribution in [1.29, 1.82) is 0 Å². The van der Waals surface area contributed by atoms with Crippen molar-refractivity contribution in [2.45, 2.75) is 30.6 Å². The van der Waals surface area contributed by atoms with Gasteiger partial charge in [-0.2, -0.15) is 0 Å². The molecule has 3 amide bonds. The molecule has 2 aliphatic heterocycles. The molecular formula is C26H31N3O3S. The lowest BCUT2D eigenvalue weighted by Gasteiger charge is -2.36. The van der Waals surface area contributed by atoms with Gasteiger partial charge in [0, 0.05) is 56.1 Å². The number of anilines is 1. The zero-order valence-corrected chi connectivity index (χ0v) is 19.9. The predicted molar refractivity (Wildman–Crippen MR) is 131 cm³/mol. The largest absolute Gasteiger partial charge is 0.339 e. The molecule has 4 rings (SSSR count). The summed E-state index contributed by atoms with van der Waals surface area (Å²) in [6.45, 7) is 2.63. The highest BCUT2D eigenvalue weighted by molar-refractivity contribution is 7.98. The summed E-state index contributed by atoms with van der Waals surface area (Å²) in [5, 5.41) is 0. The topological polar surface area (TPSA) is 60.9 Å². The van der Waals surface area contributed by atoms with Gasteiger partial charge in [-0.1, -0.05) is 30.3 Å². The standard InChI is InChI=1S/C26H31N3O3S/c1-33-23-12-10-22(11-13-23)29-19-21(18-25(29)31)26(32)28-16-14-27(15-17-28)24(30)9-5-8-20-6-3-2-4-7-20/h2-4,6-7,10-13,21H,5,8-9,14-19H2,1H3. The van der Waals surface area contributed by atoms with E-state index in [9.17, 15) is 14.4 Å². The van der Waals surface area contributed by atoms with E-state index >= 15 is 0 Å². The second-order valence-corrected chi connectivity index (χ2v) is 9.53. The lowest BCUT2D eigenvalue weighted by atomic mass is 10.1. The second-order valence-electron chi connectivity index (χ2n) is 8.65. The monoisotopic (exact) mass is 465 g/mol. The van der Waals surface area contributed by atoms with Crippen LogP contribution >= 0.6 is 11.8 Å². The third-order valence-electron chi connectivity index (χ3n) is 6.50. The molecule has 1 unspecified atom stereocenters. The maximum absolute atomic E-state index is 13.1. The smallest absolute Gasteiger partial charge is 0.228 e. The van der Waals surface area contributed by atoms with Crippen LogP contribution in [0.2, 0.25) is 0 Å². The molecule has 33 heavy (non-hydrogen) atoms. The lowest BCUT2D eigenvalue weighted by molar-refractivity contribution is -0.142. The molecule has 2 aliphatic rings. The van der Waals surface area contributed by atoms with Crippen molar-refractivity contribution in [2.75, 3.05) is 43.9 Å². The Labute approximate surface area is 199 Å². The van der Waals surface area contributed by atoms with Gasteiger partial charge in [0.1, 0.15) is 0 Å². The third-order valence-corrected chi connectivity index (χ3v) is 7.24. The SMILES string of the molecule is CSc1ccc(N2CC(C(=O)N3CCN(C(=O)CCCc4ccccc4)CC3)CC2=O)cc1. The minimum absolute atomic E-state index is 0.00233. The summed E-state index contributed by atoms with van der Waals surface area (Å²) < 4.78 is 0. The van der Waals surface area contributed by atoms with Crippen LogP contribution in [-0.2, 0) is 20.8 Å². The van der Waals surface area contributed by atoms with Gasteiger partial charge in [0.2, 0.25) is 17.7 Å². The molecule has 0 bridgehead atoms. The van der Waals surface area contributed by atoms with E-state index in [-0.39, 0.29) is 30.1 Å². The van der Waals surface area contributed by atoms with Crippen LogP contribution in [0.25, 0.3) is 0 Å². The summed E-state index contributed by atoms with van der Waals surface area (Å²) in [6.07, 6.45) is 4.53. The number of rotatable bonds is 7. The molecular weight excluding hydrogens is 434 g/mol. The molecule has 0 saturated carbocycles. The van der Waals surface area contributed by atoms with Crippen molar-refractivity contribution in [2.24, 2.45) is 5.92 Å². The van der Waals surface area contributed by atoms with Crippen molar-refractivity contribution in [1.82, 2.24) is 9.80 Å². The van der Waals surface area contributed by atoms with Crippen LogP contribution in [0.3, 0.4) is 0 Å². The zero-order valence-electron chi connectivity index (χ0n) is 19.1. The number of aryl methyl sites for hydroxylation is 1. The van der Waals surface area contributed by atoms with Gasteiger partial charge in [0.15, 0.2) is 0 Å². The Bertz CT molecular complexity index is 972. The molecule has 2 aromatic carbocycles. The first-order valence-corrected chi connectivity index (χ1v) is 12.8. The Morgan fingerprint density at radius 3 is 2.27 bits per heavy atom. The molecule has 0 aromatic heterocycles. The number of hydrogen-bond acceptors (Lipinski definition) is 4. The summed E-state index contributed by atoms with van der Waals surface area (Å²) in [5.41, 5.74) is 2.10. The number of carbonyl (C=O) groups excluding carboxylic acids is 3. The number of amides is 3. The number of thioether (sulfide) groups is 1. The van der Waals surface area contributed by atoms with Crippen LogP contribution in [0, 0.1) is 5.92 Å². The van der Waals surface area contributed by atoms with Gasteiger partial charge in [-0.25, -0.2) is 0 Å². The Morgan fingerprint density at radius 2 is 1.61 bits per heavy atom. The molecule has 2 heterocycles. The zero-order chi connectivity index (χ0) is 23.2. The predicted octanol–water partition coefficient (Wildman–Crippen LogP) is 3.46. The van der Waals surface area contributed by atoms with Crippen LogP contribution in [0.5, 0.6) is 0 Å². The molecule has 1 atom stereocenters. The molecule has 2 saturated heterocycles. The highest BCUT2D eigenvalue weighted by atomic mass is 32.2. The van der Waals surface area contributed by atoms with Crippen LogP contribution in [0.15, 0.2) is 59.5 Å². The molecule has 0 N–H and O–H groups in total. The van der Waals surface area contributed by atoms with E-state index in [2.05, 4.69) is 12.1 Å². The van der Waals surface area contributed by atoms with Crippen molar-refractivity contribution in [3.63, 3.8) is 0 Å². The molecule has 174 valence electrons. The Morgan fingerprint density at radius 1 is 0.939 bits per heavy atom. The van der Waals surface area contributed by atoms with E-state index in [1.165, 1.54) is 5.56 Å². The minimum Gasteiger partial charge on any atom is -0.339 e. The van der Waals surface area contributed by atoms with E-state index in [0.717, 1.165) is 23.4 Å². The molecule has 7 heteroatoms. The van der Waals surface area contributed by atoms with Gasteiger partial charge < -0.3 is 14.7 Å². The molecule has 2 fully saturated rings. The number of benzene rings is 2. The van der Waals surface area contributed by atoms with E-state index in [1.807, 2.05) is 58.5 Å². The fourth-order valence-corrected chi connectivity index (χ4v) is 4.97. The molecule has 0 aliphatic carbocycles. The van der Waals surface area contributed by atoms with E-state index in [4.69, 9.17) is 0 Å². The maximum atomic E-state index is 13.1. The maximum Gasteiger partial charge on any atom is 0.228 e. The highest BCUT2D eigenvalue weighted by Crippen LogP contribution is 2.28. The normalized spacial score (nSPS) is 18.6. The van der Waals surface area contributed by atoms with Gasteiger partial charge >= 0.3 is 0 Å².